The topological polar surface area (TPSA) is 182 Å². The van der Waals surface area contributed by atoms with E-state index < -0.39 is 66.9 Å². The Hall–Kier alpha value is -4.69. The number of carbonyl (C=O) groups excluding carboxylic acids is 4. The third-order valence-corrected chi connectivity index (χ3v) is 5.96. The Labute approximate surface area is 240 Å². The van der Waals surface area contributed by atoms with E-state index in [2.05, 4.69) is 5.32 Å². The predicted octanol–water partition coefficient (Wildman–Crippen LogP) is 3.02. The monoisotopic (exact) mass is 589 g/mol. The minimum absolute atomic E-state index is 0.219. The van der Waals surface area contributed by atoms with E-state index in [1.807, 2.05) is 0 Å². The Kier molecular flexibility index (Phi) is 10.8. The van der Waals surface area contributed by atoms with Gasteiger partial charge in [0.25, 0.3) is 0 Å². The van der Waals surface area contributed by atoms with Crippen LogP contribution in [0.15, 0.2) is 60.7 Å². The average Bonchev–Trinajstić information content (AvgIpc) is 3.17. The molecule has 42 heavy (non-hydrogen) atoms. The van der Waals surface area contributed by atoms with Gasteiger partial charge in [-0.15, -0.1) is 0 Å². The van der Waals surface area contributed by atoms with Crippen molar-refractivity contribution in [3.63, 3.8) is 0 Å². The number of aliphatic carboxylic acids is 1. The molecule has 0 aliphatic carbocycles. The maximum absolute atomic E-state index is 13.1. The highest BCUT2D eigenvalue weighted by Crippen LogP contribution is 2.47. The van der Waals surface area contributed by atoms with Crippen molar-refractivity contribution < 1.29 is 62.2 Å². The van der Waals surface area contributed by atoms with Crippen LogP contribution in [0.1, 0.15) is 37.8 Å². The number of hydrogen-bond donors (Lipinski definition) is 2. The molecule has 226 valence electrons. The van der Waals surface area contributed by atoms with Gasteiger partial charge in [-0.3, -0.25) is 19.7 Å². The molecule has 14 heteroatoms. The fourth-order valence-electron chi connectivity index (χ4n) is 4.24. The first kappa shape index (κ1) is 31.8. The molecule has 3 rings (SSSR count). The Morgan fingerprint density at radius 2 is 1.43 bits per heavy atom. The molecule has 2 N–H and O–H groups in total. The van der Waals surface area contributed by atoms with Gasteiger partial charge < -0.3 is 38.3 Å². The molecular formula is C28H31NO13. The molecule has 0 bridgehead atoms. The highest BCUT2D eigenvalue weighted by atomic mass is 16.9. The van der Waals surface area contributed by atoms with Gasteiger partial charge in [0.1, 0.15) is 13.2 Å². The fourth-order valence-corrected chi connectivity index (χ4v) is 4.24. The summed E-state index contributed by atoms with van der Waals surface area (Å²) in [6.07, 6.45) is -7.51. The maximum Gasteiger partial charge on any atom is 0.512 e. The largest absolute Gasteiger partial charge is 0.512 e. The van der Waals surface area contributed by atoms with E-state index in [0.29, 0.717) is 11.1 Å². The zero-order valence-electron chi connectivity index (χ0n) is 23.1. The molecular weight excluding hydrogens is 558 g/mol. The van der Waals surface area contributed by atoms with E-state index in [1.165, 1.54) is 0 Å². The number of hydrogen-bond acceptors (Lipinski definition) is 12. The molecule has 2 aromatic carbocycles. The number of alkyl carbamates (subject to hydrolysis) is 1. The van der Waals surface area contributed by atoms with Crippen molar-refractivity contribution in [3.8, 4) is 0 Å². The Bertz CT molecular complexity index is 1250. The second kappa shape index (κ2) is 14.3. The molecule has 0 radical (unpaired) electrons. The lowest BCUT2D eigenvalue weighted by atomic mass is 9.93. The van der Waals surface area contributed by atoms with Gasteiger partial charge in [0.05, 0.1) is 6.42 Å². The van der Waals surface area contributed by atoms with E-state index in [9.17, 15) is 29.1 Å². The Morgan fingerprint density at radius 3 is 1.93 bits per heavy atom. The smallest absolute Gasteiger partial charge is 0.481 e. The molecule has 1 heterocycles. The van der Waals surface area contributed by atoms with Crippen molar-refractivity contribution in [2.75, 3.05) is 7.11 Å². The van der Waals surface area contributed by atoms with Crippen LogP contribution in [-0.2, 0) is 60.8 Å². The number of benzene rings is 2. The van der Waals surface area contributed by atoms with E-state index in [4.69, 9.17) is 33.2 Å². The molecule has 1 fully saturated rings. The van der Waals surface area contributed by atoms with Crippen LogP contribution < -0.4 is 5.32 Å². The molecule has 1 aliphatic heterocycles. The van der Waals surface area contributed by atoms with Crippen molar-refractivity contribution in [1.82, 2.24) is 5.32 Å². The molecule has 1 aliphatic rings. The first-order chi connectivity index (χ1) is 20.0. The lowest BCUT2D eigenvalue weighted by Gasteiger charge is -2.42. The lowest BCUT2D eigenvalue weighted by molar-refractivity contribution is -0.293. The number of nitrogens with one attached hydrogen (secondary N) is 1. The third-order valence-electron chi connectivity index (χ3n) is 5.96. The van der Waals surface area contributed by atoms with Crippen LogP contribution in [0.4, 0.5) is 9.59 Å². The summed E-state index contributed by atoms with van der Waals surface area (Å²) in [4.78, 5) is 62.4. The number of ether oxygens (including phenoxy) is 7. The summed E-state index contributed by atoms with van der Waals surface area (Å²) in [5.74, 6) is -6.22. The van der Waals surface area contributed by atoms with Gasteiger partial charge in [-0.1, -0.05) is 60.7 Å². The molecule has 0 spiro atoms. The van der Waals surface area contributed by atoms with Gasteiger partial charge in [0.15, 0.2) is 0 Å². The zero-order chi connectivity index (χ0) is 30.8. The molecule has 0 aromatic heterocycles. The van der Waals surface area contributed by atoms with Crippen molar-refractivity contribution in [2.45, 2.75) is 63.8 Å². The van der Waals surface area contributed by atoms with Crippen LogP contribution in [0.3, 0.4) is 0 Å². The minimum atomic E-state index is -2.85. The summed E-state index contributed by atoms with van der Waals surface area (Å²) in [7, 11) is 1.13. The first-order valence-corrected chi connectivity index (χ1v) is 12.7. The number of rotatable bonds is 12. The van der Waals surface area contributed by atoms with Gasteiger partial charge >= 0.3 is 35.9 Å². The third kappa shape index (κ3) is 7.95. The quantitative estimate of drug-likeness (QED) is 0.210. The van der Waals surface area contributed by atoms with Crippen molar-refractivity contribution in [1.29, 1.82) is 0 Å². The van der Waals surface area contributed by atoms with Crippen LogP contribution >= 0.6 is 0 Å². The van der Waals surface area contributed by atoms with E-state index >= 15 is 0 Å². The van der Waals surface area contributed by atoms with E-state index in [0.717, 1.165) is 21.0 Å². The van der Waals surface area contributed by atoms with Crippen LogP contribution in [0.2, 0.25) is 0 Å². The number of carboxylic acid groups (broad SMARTS) is 1. The summed E-state index contributed by atoms with van der Waals surface area (Å²) in [5, 5.41) is 11.8. The normalized spacial score (nSPS) is 22.8. The van der Waals surface area contributed by atoms with E-state index in [1.54, 1.807) is 60.7 Å². The fraction of sp³-hybridized carbons (Fsp3) is 0.393. The van der Waals surface area contributed by atoms with Crippen LogP contribution in [0.25, 0.3) is 0 Å². The number of esters is 2. The van der Waals surface area contributed by atoms with Crippen molar-refractivity contribution in [3.05, 3.63) is 71.8 Å². The van der Waals surface area contributed by atoms with Gasteiger partial charge in [-0.2, -0.15) is 0 Å². The Morgan fingerprint density at radius 1 is 0.857 bits per heavy atom. The first-order valence-electron chi connectivity index (χ1n) is 12.7. The minimum Gasteiger partial charge on any atom is -0.481 e. The molecule has 4 atom stereocenters. The second-order valence-corrected chi connectivity index (χ2v) is 9.05. The van der Waals surface area contributed by atoms with Crippen LogP contribution in [0, 0.1) is 0 Å². The summed E-state index contributed by atoms with van der Waals surface area (Å²) in [6, 6.07) is 17.1. The number of carboxylic acids is 1. The van der Waals surface area contributed by atoms with E-state index in [-0.39, 0.29) is 13.2 Å². The highest BCUT2D eigenvalue weighted by molar-refractivity contribution is 5.72. The summed E-state index contributed by atoms with van der Waals surface area (Å²) in [5.41, 5.74) is -1.33. The predicted molar refractivity (Wildman–Crippen MR) is 139 cm³/mol. The molecule has 0 unspecified atom stereocenters. The number of carbonyl (C=O) groups is 5. The lowest BCUT2D eigenvalue weighted by Crippen LogP contribution is -2.69. The maximum atomic E-state index is 13.1. The van der Waals surface area contributed by atoms with Gasteiger partial charge in [-0.05, 0) is 11.1 Å². The summed E-state index contributed by atoms with van der Waals surface area (Å²) in [6.45, 7) is 1.46. The molecule has 0 saturated carbocycles. The van der Waals surface area contributed by atoms with Crippen molar-refractivity contribution >= 4 is 30.2 Å². The molecule has 1 saturated heterocycles. The number of methoxy groups -OCH3 is 1. The average molecular weight is 590 g/mol. The van der Waals surface area contributed by atoms with Gasteiger partial charge in [-0.25, -0.2) is 9.59 Å². The van der Waals surface area contributed by atoms with Crippen molar-refractivity contribution in [2.24, 2.45) is 0 Å². The zero-order valence-corrected chi connectivity index (χ0v) is 23.1. The molecule has 1 amide bonds. The summed E-state index contributed by atoms with van der Waals surface area (Å²) >= 11 is 0. The van der Waals surface area contributed by atoms with Crippen LogP contribution in [-0.4, -0.2) is 66.3 Å². The highest BCUT2D eigenvalue weighted by Gasteiger charge is 2.75. The SMILES string of the molecule is CO[C@@H]1O[C@](CCC(=O)O)(NC(=O)OCc2ccccc2)[C@](OC(C)=O)(OC(=O)OCc2ccccc2)[C@@H]1OC(C)=O. The van der Waals surface area contributed by atoms with Crippen LogP contribution in [0.5, 0.6) is 0 Å². The second-order valence-electron chi connectivity index (χ2n) is 9.05. The van der Waals surface area contributed by atoms with Gasteiger partial charge in [0, 0.05) is 27.4 Å². The Balaban J connectivity index is 2.05. The standard InChI is InChI=1S/C28H31NO13/c1-18(30)39-23-24(36-3)41-27(15-14-22(32)33,29-25(34)37-16-20-10-6-4-7-11-20)28(23,40-19(2)31)42-26(35)38-17-21-12-8-5-9-13-21/h4-13,23-24H,14-17H2,1-3H3,(H,29,34)(H,32,33)/t23-,24-,27+,28-/m1/s1. The summed E-state index contributed by atoms with van der Waals surface area (Å²) < 4.78 is 38.0. The molecule has 2 aromatic rings. The molecule has 14 nitrogen and oxygen atoms in total. The number of amides is 1. The van der Waals surface area contributed by atoms with Gasteiger partial charge in [0.2, 0.25) is 18.1 Å².